The van der Waals surface area contributed by atoms with E-state index in [4.69, 9.17) is 14.6 Å². The summed E-state index contributed by atoms with van der Waals surface area (Å²) in [6.45, 7) is 2.98. The fourth-order valence-electron chi connectivity index (χ4n) is 1.66. The molecule has 4 nitrogen and oxygen atoms in total. The van der Waals surface area contributed by atoms with Crippen molar-refractivity contribution in [3.05, 3.63) is 0 Å². The van der Waals surface area contributed by atoms with Crippen molar-refractivity contribution in [1.82, 2.24) is 0 Å². The largest absolute Gasteiger partial charge is 0.479 e. The highest BCUT2D eigenvalue weighted by atomic mass is 16.5. The first-order valence-corrected chi connectivity index (χ1v) is 6.55. The SMILES string of the molecule is CCCCCCCCC(OCCOC)C(=O)O. The predicted octanol–water partition coefficient (Wildman–Crippen LogP) is 2.85. The monoisotopic (exact) mass is 246 g/mol. The quantitative estimate of drug-likeness (QED) is 0.538. The Morgan fingerprint density at radius 1 is 1.12 bits per heavy atom. The topological polar surface area (TPSA) is 55.8 Å². The van der Waals surface area contributed by atoms with Crippen LogP contribution >= 0.6 is 0 Å². The predicted molar refractivity (Wildman–Crippen MR) is 67.2 cm³/mol. The van der Waals surface area contributed by atoms with E-state index in [1.807, 2.05) is 0 Å². The second-order valence-corrected chi connectivity index (χ2v) is 4.25. The summed E-state index contributed by atoms with van der Waals surface area (Å²) < 4.78 is 10.1. The molecule has 0 fully saturated rings. The lowest BCUT2D eigenvalue weighted by Crippen LogP contribution is -2.25. The molecule has 0 aliphatic rings. The zero-order valence-corrected chi connectivity index (χ0v) is 11.1. The van der Waals surface area contributed by atoms with Gasteiger partial charge in [0.2, 0.25) is 0 Å². The zero-order valence-electron chi connectivity index (χ0n) is 11.1. The van der Waals surface area contributed by atoms with Crippen LogP contribution in [-0.4, -0.2) is 37.5 Å². The lowest BCUT2D eigenvalue weighted by molar-refractivity contribution is -0.151. The molecule has 0 aromatic rings. The molecule has 0 aromatic heterocycles. The average molecular weight is 246 g/mol. The van der Waals surface area contributed by atoms with Crippen LogP contribution in [0.15, 0.2) is 0 Å². The number of ether oxygens (including phenoxy) is 2. The van der Waals surface area contributed by atoms with Crippen LogP contribution in [-0.2, 0) is 14.3 Å². The minimum absolute atomic E-state index is 0.350. The number of carboxylic acid groups (broad SMARTS) is 1. The number of methoxy groups -OCH3 is 1. The Kier molecular flexibility index (Phi) is 11.4. The van der Waals surface area contributed by atoms with E-state index in [1.54, 1.807) is 7.11 Å². The van der Waals surface area contributed by atoms with Crippen molar-refractivity contribution in [2.24, 2.45) is 0 Å². The van der Waals surface area contributed by atoms with Gasteiger partial charge in [-0.05, 0) is 6.42 Å². The normalized spacial score (nSPS) is 12.6. The van der Waals surface area contributed by atoms with E-state index >= 15 is 0 Å². The van der Waals surface area contributed by atoms with E-state index in [0.717, 1.165) is 12.8 Å². The van der Waals surface area contributed by atoms with Gasteiger partial charge in [-0.3, -0.25) is 0 Å². The van der Waals surface area contributed by atoms with Gasteiger partial charge in [-0.2, -0.15) is 0 Å². The molecular weight excluding hydrogens is 220 g/mol. The van der Waals surface area contributed by atoms with Crippen LogP contribution in [0.1, 0.15) is 51.9 Å². The standard InChI is InChI=1S/C13H26O4/c1-3-4-5-6-7-8-9-12(13(14)15)17-11-10-16-2/h12H,3-11H2,1-2H3,(H,14,15). The molecule has 1 N–H and O–H groups in total. The van der Waals surface area contributed by atoms with Gasteiger partial charge in [0.15, 0.2) is 6.10 Å². The summed E-state index contributed by atoms with van der Waals surface area (Å²) in [4.78, 5) is 10.9. The van der Waals surface area contributed by atoms with Crippen molar-refractivity contribution in [3.63, 3.8) is 0 Å². The Balaban J connectivity index is 3.52. The molecule has 0 spiro atoms. The number of hydrogen-bond donors (Lipinski definition) is 1. The molecule has 102 valence electrons. The molecule has 1 atom stereocenters. The maximum Gasteiger partial charge on any atom is 0.332 e. The highest BCUT2D eigenvalue weighted by molar-refractivity contribution is 5.72. The van der Waals surface area contributed by atoms with Crippen molar-refractivity contribution in [1.29, 1.82) is 0 Å². The maximum absolute atomic E-state index is 10.9. The van der Waals surface area contributed by atoms with E-state index in [2.05, 4.69) is 6.92 Å². The first-order valence-electron chi connectivity index (χ1n) is 6.55. The minimum Gasteiger partial charge on any atom is -0.479 e. The van der Waals surface area contributed by atoms with E-state index < -0.39 is 12.1 Å². The Bertz CT molecular complexity index is 182. The molecule has 0 aliphatic carbocycles. The number of carbonyl (C=O) groups is 1. The second kappa shape index (κ2) is 11.9. The molecule has 0 rings (SSSR count). The summed E-state index contributed by atoms with van der Waals surface area (Å²) >= 11 is 0. The minimum atomic E-state index is -0.866. The van der Waals surface area contributed by atoms with Crippen LogP contribution in [0.25, 0.3) is 0 Å². The summed E-state index contributed by atoms with van der Waals surface area (Å²) in [6.07, 6.45) is 6.90. The number of hydrogen-bond acceptors (Lipinski definition) is 3. The summed E-state index contributed by atoms with van der Waals surface area (Å²) in [5.41, 5.74) is 0. The highest BCUT2D eigenvalue weighted by Crippen LogP contribution is 2.10. The Hall–Kier alpha value is -0.610. The molecule has 0 radical (unpaired) electrons. The van der Waals surface area contributed by atoms with Crippen LogP contribution in [0.3, 0.4) is 0 Å². The fourth-order valence-corrected chi connectivity index (χ4v) is 1.66. The number of carboxylic acids is 1. The molecule has 1 unspecified atom stereocenters. The first kappa shape index (κ1) is 16.4. The second-order valence-electron chi connectivity index (χ2n) is 4.25. The molecule has 0 amide bonds. The van der Waals surface area contributed by atoms with Crippen LogP contribution in [0.4, 0.5) is 0 Å². The van der Waals surface area contributed by atoms with Crippen molar-refractivity contribution < 1.29 is 19.4 Å². The fraction of sp³-hybridized carbons (Fsp3) is 0.923. The van der Waals surface area contributed by atoms with Gasteiger partial charge < -0.3 is 14.6 Å². The van der Waals surface area contributed by atoms with Crippen molar-refractivity contribution in [2.45, 2.75) is 58.0 Å². The molecule has 0 aromatic carbocycles. The van der Waals surface area contributed by atoms with Crippen LogP contribution < -0.4 is 0 Å². The van der Waals surface area contributed by atoms with Gasteiger partial charge in [0.1, 0.15) is 0 Å². The van der Waals surface area contributed by atoms with Crippen molar-refractivity contribution in [2.75, 3.05) is 20.3 Å². The third kappa shape index (κ3) is 10.3. The van der Waals surface area contributed by atoms with Gasteiger partial charge in [0.25, 0.3) is 0 Å². The number of aliphatic carboxylic acids is 1. The average Bonchev–Trinajstić information content (AvgIpc) is 2.31. The molecule has 0 bridgehead atoms. The molecule has 0 saturated heterocycles. The number of unbranched alkanes of at least 4 members (excludes halogenated alkanes) is 5. The third-order valence-corrected chi connectivity index (χ3v) is 2.70. The molecule has 0 saturated carbocycles. The van der Waals surface area contributed by atoms with Gasteiger partial charge in [-0.1, -0.05) is 45.4 Å². The van der Waals surface area contributed by atoms with Crippen molar-refractivity contribution >= 4 is 5.97 Å². The molecule has 0 aliphatic heterocycles. The first-order chi connectivity index (χ1) is 8.22. The van der Waals surface area contributed by atoms with E-state index in [9.17, 15) is 4.79 Å². The van der Waals surface area contributed by atoms with E-state index in [1.165, 1.54) is 25.7 Å². The van der Waals surface area contributed by atoms with Crippen LogP contribution in [0.5, 0.6) is 0 Å². The van der Waals surface area contributed by atoms with Crippen molar-refractivity contribution in [3.8, 4) is 0 Å². The lowest BCUT2D eigenvalue weighted by Gasteiger charge is -2.13. The summed E-state index contributed by atoms with van der Waals surface area (Å²) in [5, 5.41) is 8.95. The highest BCUT2D eigenvalue weighted by Gasteiger charge is 2.16. The Morgan fingerprint density at radius 3 is 2.35 bits per heavy atom. The van der Waals surface area contributed by atoms with Gasteiger partial charge in [0, 0.05) is 7.11 Å². The Morgan fingerprint density at radius 2 is 1.76 bits per heavy atom. The summed E-state index contributed by atoms with van der Waals surface area (Å²) in [6, 6.07) is 0. The summed E-state index contributed by atoms with van der Waals surface area (Å²) in [5.74, 6) is -0.866. The number of rotatable bonds is 12. The molecule has 0 heterocycles. The van der Waals surface area contributed by atoms with Crippen LogP contribution in [0.2, 0.25) is 0 Å². The van der Waals surface area contributed by atoms with Gasteiger partial charge in [-0.25, -0.2) is 4.79 Å². The van der Waals surface area contributed by atoms with Gasteiger partial charge in [-0.15, -0.1) is 0 Å². The van der Waals surface area contributed by atoms with E-state index in [-0.39, 0.29) is 0 Å². The maximum atomic E-state index is 10.9. The molecule has 17 heavy (non-hydrogen) atoms. The summed E-state index contributed by atoms with van der Waals surface area (Å²) in [7, 11) is 1.58. The Labute approximate surface area is 104 Å². The van der Waals surface area contributed by atoms with E-state index in [0.29, 0.717) is 19.6 Å². The molecule has 4 heteroatoms. The van der Waals surface area contributed by atoms with Gasteiger partial charge >= 0.3 is 5.97 Å². The lowest BCUT2D eigenvalue weighted by atomic mass is 10.1. The smallest absolute Gasteiger partial charge is 0.332 e. The molecular formula is C13H26O4. The van der Waals surface area contributed by atoms with Crippen LogP contribution in [0, 0.1) is 0 Å². The van der Waals surface area contributed by atoms with Gasteiger partial charge in [0.05, 0.1) is 13.2 Å². The third-order valence-electron chi connectivity index (χ3n) is 2.70. The zero-order chi connectivity index (χ0) is 12.9.